The molecule has 0 bridgehead atoms. The summed E-state index contributed by atoms with van der Waals surface area (Å²) in [6.07, 6.45) is 5.33. The van der Waals surface area contributed by atoms with Crippen LogP contribution in [0.1, 0.15) is 31.9 Å². The zero-order valence-electron chi connectivity index (χ0n) is 9.50. The van der Waals surface area contributed by atoms with Gasteiger partial charge in [-0.25, -0.2) is 0 Å². The van der Waals surface area contributed by atoms with E-state index in [0.717, 1.165) is 12.2 Å². The number of ether oxygens (including phenoxy) is 1. The first-order chi connectivity index (χ1) is 6.99. The van der Waals surface area contributed by atoms with Crippen molar-refractivity contribution in [3.63, 3.8) is 0 Å². The van der Waals surface area contributed by atoms with Gasteiger partial charge in [0.05, 0.1) is 6.61 Å². The molecule has 0 spiro atoms. The summed E-state index contributed by atoms with van der Waals surface area (Å²) < 4.78 is 5.67. The van der Waals surface area contributed by atoms with E-state index in [9.17, 15) is 0 Å². The Hall–Kier alpha value is -1.26. The molecule has 0 radical (unpaired) electrons. The zero-order chi connectivity index (χ0) is 11.1. The number of hydrogen-bond donors (Lipinski definition) is 0. The molecular weight excluding hydrogens is 184 g/mol. The smallest absolute Gasteiger partial charge is 0.121 e. The van der Waals surface area contributed by atoms with Gasteiger partial charge in [-0.3, -0.25) is 0 Å². The van der Waals surface area contributed by atoms with Gasteiger partial charge in [0.15, 0.2) is 0 Å². The second-order valence-corrected chi connectivity index (χ2v) is 5.09. The van der Waals surface area contributed by atoms with Crippen LogP contribution in [0.2, 0.25) is 0 Å². The van der Waals surface area contributed by atoms with E-state index in [1.165, 1.54) is 5.56 Å². The Bertz CT molecular complexity index is 396. The maximum Gasteiger partial charge on any atom is 0.121 e. The zero-order valence-corrected chi connectivity index (χ0v) is 9.50. The van der Waals surface area contributed by atoms with E-state index in [1.807, 2.05) is 12.1 Å². The molecule has 0 aliphatic carbocycles. The maximum atomic E-state index is 5.67. The van der Waals surface area contributed by atoms with Crippen molar-refractivity contribution in [2.75, 3.05) is 6.61 Å². The Morgan fingerprint density at radius 1 is 1.27 bits per heavy atom. The third kappa shape index (κ3) is 1.56. The average Bonchev–Trinajstić information content (AvgIpc) is 2.98. The van der Waals surface area contributed by atoms with E-state index in [2.05, 4.69) is 38.8 Å². The van der Waals surface area contributed by atoms with Crippen molar-refractivity contribution >= 4 is 0 Å². The Morgan fingerprint density at radius 2 is 1.80 bits per heavy atom. The fourth-order valence-electron chi connectivity index (χ4n) is 1.94. The molecule has 1 heterocycles. The second-order valence-electron chi connectivity index (χ2n) is 5.09. The standard InChI is InChI=1S/C14H16O/c1-5-11-6-8-12(9-7-11)14(10-15-14)13(2,3)4/h1,6-9H,10H2,2-4H3. The van der Waals surface area contributed by atoms with Gasteiger partial charge in [-0.15, -0.1) is 6.42 Å². The highest BCUT2D eigenvalue weighted by Crippen LogP contribution is 2.52. The first-order valence-electron chi connectivity index (χ1n) is 5.21. The Kier molecular flexibility index (Phi) is 2.13. The molecular formula is C14H16O. The summed E-state index contributed by atoms with van der Waals surface area (Å²) in [5.41, 5.74) is 2.18. The van der Waals surface area contributed by atoms with Crippen LogP contribution in [0, 0.1) is 17.8 Å². The van der Waals surface area contributed by atoms with Crippen LogP contribution >= 0.6 is 0 Å². The summed E-state index contributed by atoms with van der Waals surface area (Å²) in [5.74, 6) is 2.62. The number of hydrogen-bond acceptors (Lipinski definition) is 1. The van der Waals surface area contributed by atoms with Gasteiger partial charge in [0.25, 0.3) is 0 Å². The first kappa shape index (κ1) is 10.3. The molecule has 1 atom stereocenters. The molecule has 0 N–H and O–H groups in total. The topological polar surface area (TPSA) is 12.5 Å². The monoisotopic (exact) mass is 200 g/mol. The molecule has 2 rings (SSSR count). The number of epoxide rings is 1. The number of rotatable bonds is 1. The van der Waals surface area contributed by atoms with E-state index in [0.29, 0.717) is 0 Å². The SMILES string of the molecule is C#Cc1ccc(C2(C(C)(C)C)CO2)cc1. The van der Waals surface area contributed by atoms with Crippen molar-refractivity contribution in [3.05, 3.63) is 35.4 Å². The van der Waals surface area contributed by atoms with Crippen molar-refractivity contribution < 1.29 is 4.74 Å². The van der Waals surface area contributed by atoms with Crippen LogP contribution in [-0.4, -0.2) is 6.61 Å². The molecule has 1 aromatic rings. The summed E-state index contributed by atoms with van der Waals surface area (Å²) in [4.78, 5) is 0. The average molecular weight is 200 g/mol. The van der Waals surface area contributed by atoms with E-state index in [-0.39, 0.29) is 11.0 Å². The molecule has 1 saturated heterocycles. The third-order valence-electron chi connectivity index (χ3n) is 3.16. The Balaban J connectivity index is 2.36. The minimum Gasteiger partial charge on any atom is -0.364 e. The van der Waals surface area contributed by atoms with E-state index in [1.54, 1.807) is 0 Å². The van der Waals surface area contributed by atoms with E-state index >= 15 is 0 Å². The molecule has 1 aliphatic heterocycles. The number of benzene rings is 1. The molecule has 78 valence electrons. The van der Waals surface area contributed by atoms with Gasteiger partial charge >= 0.3 is 0 Å². The first-order valence-corrected chi connectivity index (χ1v) is 5.21. The summed E-state index contributed by atoms with van der Waals surface area (Å²) in [5, 5.41) is 0. The summed E-state index contributed by atoms with van der Waals surface area (Å²) in [6, 6.07) is 8.11. The van der Waals surface area contributed by atoms with Crippen LogP contribution < -0.4 is 0 Å². The highest BCUT2D eigenvalue weighted by Gasteiger charge is 2.55. The van der Waals surface area contributed by atoms with Gasteiger partial charge < -0.3 is 4.74 Å². The number of terminal acetylenes is 1. The van der Waals surface area contributed by atoms with Gasteiger partial charge in [-0.2, -0.15) is 0 Å². The molecule has 0 aromatic heterocycles. The predicted molar refractivity (Wildman–Crippen MR) is 61.5 cm³/mol. The van der Waals surface area contributed by atoms with E-state index < -0.39 is 0 Å². The van der Waals surface area contributed by atoms with Crippen molar-refractivity contribution in [3.8, 4) is 12.3 Å². The fourth-order valence-corrected chi connectivity index (χ4v) is 1.94. The lowest BCUT2D eigenvalue weighted by Crippen LogP contribution is -2.27. The largest absolute Gasteiger partial charge is 0.364 e. The minimum absolute atomic E-state index is 0.0971. The van der Waals surface area contributed by atoms with Crippen molar-refractivity contribution in [1.82, 2.24) is 0 Å². The van der Waals surface area contributed by atoms with Gasteiger partial charge in [0, 0.05) is 5.56 Å². The maximum absolute atomic E-state index is 5.67. The van der Waals surface area contributed by atoms with Gasteiger partial charge in [-0.1, -0.05) is 38.8 Å². The third-order valence-corrected chi connectivity index (χ3v) is 3.16. The fraction of sp³-hybridized carbons (Fsp3) is 0.429. The Morgan fingerprint density at radius 3 is 2.13 bits per heavy atom. The van der Waals surface area contributed by atoms with Gasteiger partial charge in [0.2, 0.25) is 0 Å². The molecule has 1 aliphatic rings. The lowest BCUT2D eigenvalue weighted by atomic mass is 9.76. The van der Waals surface area contributed by atoms with Crippen LogP contribution in [0.4, 0.5) is 0 Å². The molecule has 1 heteroatoms. The molecule has 0 saturated carbocycles. The summed E-state index contributed by atoms with van der Waals surface area (Å²) in [6.45, 7) is 7.42. The van der Waals surface area contributed by atoms with Crippen LogP contribution in [0.25, 0.3) is 0 Å². The van der Waals surface area contributed by atoms with Crippen molar-refractivity contribution in [2.24, 2.45) is 5.41 Å². The minimum atomic E-state index is -0.0971. The predicted octanol–water partition coefficient (Wildman–Crippen LogP) is 2.94. The lowest BCUT2D eigenvalue weighted by Gasteiger charge is -2.27. The molecule has 1 aromatic carbocycles. The Labute approximate surface area is 91.5 Å². The molecule has 15 heavy (non-hydrogen) atoms. The van der Waals surface area contributed by atoms with E-state index in [4.69, 9.17) is 11.2 Å². The molecule has 0 amide bonds. The van der Waals surface area contributed by atoms with Crippen LogP contribution in [0.3, 0.4) is 0 Å². The molecule has 1 unspecified atom stereocenters. The lowest BCUT2D eigenvalue weighted by molar-refractivity contribution is 0.155. The van der Waals surface area contributed by atoms with Gasteiger partial charge in [-0.05, 0) is 23.1 Å². The summed E-state index contributed by atoms with van der Waals surface area (Å²) in [7, 11) is 0. The quantitative estimate of drug-likeness (QED) is 0.501. The van der Waals surface area contributed by atoms with Crippen LogP contribution in [0.15, 0.2) is 24.3 Å². The van der Waals surface area contributed by atoms with Crippen molar-refractivity contribution in [1.29, 1.82) is 0 Å². The summed E-state index contributed by atoms with van der Waals surface area (Å²) >= 11 is 0. The highest BCUT2D eigenvalue weighted by atomic mass is 16.6. The van der Waals surface area contributed by atoms with Crippen molar-refractivity contribution in [2.45, 2.75) is 26.4 Å². The highest BCUT2D eigenvalue weighted by molar-refractivity contribution is 5.38. The normalized spacial score (nSPS) is 24.7. The second kappa shape index (κ2) is 3.12. The van der Waals surface area contributed by atoms with Crippen LogP contribution in [-0.2, 0) is 10.3 Å². The molecule has 1 nitrogen and oxygen atoms in total. The van der Waals surface area contributed by atoms with Gasteiger partial charge in [0.1, 0.15) is 5.60 Å². The van der Waals surface area contributed by atoms with Crippen LogP contribution in [0.5, 0.6) is 0 Å². The molecule has 1 fully saturated rings.